The molecule has 27 heavy (non-hydrogen) atoms. The number of hydrogen-bond donors (Lipinski definition) is 1. The average Bonchev–Trinajstić information content (AvgIpc) is 2.88. The molecule has 2 atom stereocenters. The van der Waals surface area contributed by atoms with E-state index < -0.39 is 57.2 Å². The van der Waals surface area contributed by atoms with Crippen molar-refractivity contribution >= 4 is 26.2 Å². The maximum absolute atomic E-state index is 12.3. The maximum atomic E-state index is 12.3. The fraction of sp³-hybridized carbons (Fsp3) is 0.533. The van der Waals surface area contributed by atoms with Gasteiger partial charge in [0.15, 0.2) is 11.7 Å². The van der Waals surface area contributed by atoms with Crippen molar-refractivity contribution in [3.63, 3.8) is 0 Å². The van der Waals surface area contributed by atoms with Gasteiger partial charge in [-0.1, -0.05) is 18.2 Å². The van der Waals surface area contributed by atoms with Crippen molar-refractivity contribution in [3.05, 3.63) is 35.9 Å². The van der Waals surface area contributed by atoms with Gasteiger partial charge in [0.1, 0.15) is 19.3 Å². The number of rotatable bonds is 8. The second-order valence-corrected chi connectivity index (χ2v) is 9.36. The van der Waals surface area contributed by atoms with E-state index in [4.69, 9.17) is 17.8 Å². The van der Waals surface area contributed by atoms with Crippen molar-refractivity contribution in [2.75, 3.05) is 32.3 Å². The number of esters is 1. The molecule has 0 unspecified atom stereocenters. The first-order chi connectivity index (χ1) is 12.4. The lowest BCUT2D eigenvalue weighted by Crippen LogP contribution is -2.53. The van der Waals surface area contributed by atoms with Gasteiger partial charge in [0, 0.05) is 0 Å². The van der Waals surface area contributed by atoms with E-state index in [1.165, 1.54) is 12.1 Å². The Balaban J connectivity index is 2.28. The summed E-state index contributed by atoms with van der Waals surface area (Å²) in [6, 6.07) is 7.85. The Morgan fingerprint density at radius 3 is 2.11 bits per heavy atom. The van der Waals surface area contributed by atoms with Crippen LogP contribution in [0.25, 0.3) is 0 Å². The average molecular weight is 424 g/mol. The van der Waals surface area contributed by atoms with Gasteiger partial charge in [0.05, 0.1) is 24.7 Å². The van der Waals surface area contributed by atoms with E-state index in [-0.39, 0.29) is 12.2 Å². The summed E-state index contributed by atoms with van der Waals surface area (Å²) in [5.74, 6) is -0.812. The molecule has 1 aromatic rings. The van der Waals surface area contributed by atoms with Gasteiger partial charge in [0.25, 0.3) is 20.2 Å². The number of benzene rings is 1. The zero-order chi connectivity index (χ0) is 20.3. The fourth-order valence-electron chi connectivity index (χ4n) is 2.42. The summed E-state index contributed by atoms with van der Waals surface area (Å²) >= 11 is 0. The topological polar surface area (TPSA) is 143 Å². The predicted octanol–water partition coefficient (Wildman–Crippen LogP) is -0.706. The summed E-state index contributed by atoms with van der Waals surface area (Å²) < 4.78 is 65.5. The molecule has 0 bridgehead atoms. The van der Waals surface area contributed by atoms with Crippen LogP contribution in [0.3, 0.4) is 0 Å². The monoisotopic (exact) mass is 424 g/mol. The third-order valence-electron chi connectivity index (χ3n) is 3.69. The molecule has 0 aliphatic carbocycles. The van der Waals surface area contributed by atoms with E-state index >= 15 is 0 Å². The quantitative estimate of drug-likeness (QED) is 0.420. The fourth-order valence-corrected chi connectivity index (χ4v) is 3.24. The van der Waals surface area contributed by atoms with E-state index in [1.54, 1.807) is 18.2 Å². The predicted molar refractivity (Wildman–Crippen MR) is 91.9 cm³/mol. The van der Waals surface area contributed by atoms with Crippen LogP contribution >= 0.6 is 0 Å². The van der Waals surface area contributed by atoms with Crippen LogP contribution in [0.4, 0.5) is 0 Å². The molecule has 0 saturated carbocycles. The Bertz CT molecular complexity index is 827. The van der Waals surface area contributed by atoms with E-state index in [0.29, 0.717) is 0 Å². The third-order valence-corrected chi connectivity index (χ3v) is 4.78. The summed E-state index contributed by atoms with van der Waals surface area (Å²) in [5.41, 5.74) is -1.66. The molecule has 152 valence electrons. The maximum Gasteiger partial charge on any atom is 0.338 e. The molecule has 2 rings (SSSR count). The highest BCUT2D eigenvalue weighted by molar-refractivity contribution is 7.86. The smallest absolute Gasteiger partial charge is 0.338 e. The largest absolute Gasteiger partial charge is 0.453 e. The minimum Gasteiger partial charge on any atom is -0.453 e. The molecule has 1 aliphatic heterocycles. The van der Waals surface area contributed by atoms with E-state index in [9.17, 15) is 26.7 Å². The third kappa shape index (κ3) is 6.23. The lowest BCUT2D eigenvalue weighted by molar-refractivity contribution is -0.113. The first-order valence-electron chi connectivity index (χ1n) is 7.69. The van der Waals surface area contributed by atoms with Crippen molar-refractivity contribution in [3.8, 4) is 0 Å². The number of carbonyl (C=O) groups is 1. The Morgan fingerprint density at radius 2 is 1.63 bits per heavy atom. The summed E-state index contributed by atoms with van der Waals surface area (Å²) in [4.78, 5) is 12.3. The second kappa shape index (κ2) is 8.20. The highest BCUT2D eigenvalue weighted by Crippen LogP contribution is 2.32. The lowest BCUT2D eigenvalue weighted by Gasteiger charge is -2.32. The molecule has 1 N–H and O–H groups in total. The van der Waals surface area contributed by atoms with Crippen molar-refractivity contribution in [2.24, 2.45) is 0 Å². The number of ether oxygens (including phenoxy) is 2. The number of carbonyl (C=O) groups excluding carboxylic acids is 1. The number of hydrogen-bond acceptors (Lipinski definition) is 10. The van der Waals surface area contributed by atoms with Crippen molar-refractivity contribution < 1.29 is 44.6 Å². The highest BCUT2D eigenvalue weighted by atomic mass is 32.2. The second-order valence-electron chi connectivity index (χ2n) is 6.07. The van der Waals surface area contributed by atoms with E-state index in [2.05, 4.69) is 0 Å². The van der Waals surface area contributed by atoms with Gasteiger partial charge in [0.2, 0.25) is 0 Å². The molecule has 1 heterocycles. The minimum absolute atomic E-state index is 0.179. The summed E-state index contributed by atoms with van der Waals surface area (Å²) in [6.45, 7) is -1.77. The lowest BCUT2D eigenvalue weighted by atomic mass is 9.97. The van der Waals surface area contributed by atoms with Crippen LogP contribution in [0, 0.1) is 0 Å². The highest BCUT2D eigenvalue weighted by Gasteiger charge is 2.54. The molecule has 1 fully saturated rings. The molecule has 1 saturated heterocycles. The van der Waals surface area contributed by atoms with Crippen LogP contribution in [0.1, 0.15) is 10.4 Å². The Morgan fingerprint density at radius 1 is 1.11 bits per heavy atom. The van der Waals surface area contributed by atoms with Crippen LogP contribution in [0.5, 0.6) is 0 Å². The molecule has 0 radical (unpaired) electrons. The first-order valence-corrected chi connectivity index (χ1v) is 11.3. The molecule has 0 spiro atoms. The van der Waals surface area contributed by atoms with Crippen LogP contribution in [-0.2, 0) is 38.1 Å². The molecule has 1 aliphatic rings. The van der Waals surface area contributed by atoms with E-state index in [1.807, 2.05) is 0 Å². The van der Waals surface area contributed by atoms with Gasteiger partial charge in [-0.05, 0) is 12.1 Å². The van der Waals surface area contributed by atoms with Gasteiger partial charge in [-0.15, -0.1) is 0 Å². The zero-order valence-electron chi connectivity index (χ0n) is 14.6. The molecule has 10 nitrogen and oxygen atoms in total. The van der Waals surface area contributed by atoms with Crippen LogP contribution < -0.4 is 0 Å². The van der Waals surface area contributed by atoms with Crippen LogP contribution in [-0.4, -0.2) is 78.1 Å². The Hall–Kier alpha value is -1.57. The van der Waals surface area contributed by atoms with Crippen molar-refractivity contribution in [1.82, 2.24) is 0 Å². The molecular weight excluding hydrogens is 404 g/mol. The number of aliphatic hydroxyl groups excluding tert-OH is 1. The van der Waals surface area contributed by atoms with Gasteiger partial charge in [-0.25, -0.2) is 4.79 Å². The minimum atomic E-state index is -3.93. The van der Waals surface area contributed by atoms with Crippen LogP contribution in [0.15, 0.2) is 30.3 Å². The van der Waals surface area contributed by atoms with Gasteiger partial charge < -0.3 is 14.6 Å². The molecular formula is C15H20O10S2. The van der Waals surface area contributed by atoms with Crippen molar-refractivity contribution in [1.29, 1.82) is 0 Å². The Kier molecular flexibility index (Phi) is 6.60. The Labute approximate surface area is 157 Å². The SMILES string of the molecule is CS(=O)(=O)OCC1(COS(C)(=O)=O)OC[C@@H](O)[C@H]1OC(=O)c1ccccc1. The standard InChI is InChI=1S/C15H20O10S2/c1-26(18,19)23-9-15(10-24-27(2,20)21)13(12(16)8-22-15)25-14(17)11-6-4-3-5-7-11/h3-7,12-13,16H,8-10H2,1-2H3/t12-,13-/m1/s1. The first kappa shape index (κ1) is 21.7. The molecule has 1 aromatic carbocycles. The molecule has 0 aromatic heterocycles. The van der Waals surface area contributed by atoms with Gasteiger partial charge in [-0.2, -0.15) is 16.8 Å². The zero-order valence-corrected chi connectivity index (χ0v) is 16.2. The summed E-state index contributed by atoms with van der Waals surface area (Å²) in [6.07, 6.45) is -1.19. The summed E-state index contributed by atoms with van der Waals surface area (Å²) in [5, 5.41) is 10.2. The van der Waals surface area contributed by atoms with Crippen LogP contribution in [0.2, 0.25) is 0 Å². The summed E-state index contributed by atoms with van der Waals surface area (Å²) in [7, 11) is -7.86. The van der Waals surface area contributed by atoms with Gasteiger partial charge >= 0.3 is 5.97 Å². The number of aliphatic hydroxyl groups is 1. The molecule has 0 amide bonds. The van der Waals surface area contributed by atoms with Gasteiger partial charge in [-0.3, -0.25) is 8.37 Å². The van der Waals surface area contributed by atoms with Crippen molar-refractivity contribution in [2.45, 2.75) is 17.8 Å². The van der Waals surface area contributed by atoms with E-state index in [0.717, 1.165) is 12.5 Å². The molecule has 12 heteroatoms. The normalized spacial score (nSPS) is 22.5.